The number of rotatable bonds is 4. The van der Waals surface area contributed by atoms with Gasteiger partial charge >= 0.3 is 0 Å². The number of aliphatic hydroxyl groups excluding tert-OH is 1. The zero-order chi connectivity index (χ0) is 10.5. The van der Waals surface area contributed by atoms with E-state index in [4.69, 9.17) is 10.2 Å². The molecule has 76 valence electrons. The molecule has 0 heterocycles. The third-order valence-electron chi connectivity index (χ3n) is 1.64. The summed E-state index contributed by atoms with van der Waals surface area (Å²) in [6.07, 6.45) is 4.23. The molecule has 1 unspecified atom stereocenters. The van der Waals surface area contributed by atoms with E-state index in [9.17, 15) is 5.11 Å². The molecular weight excluding hydrogens is 168 g/mol. The molecule has 0 radical (unpaired) electrons. The lowest BCUT2D eigenvalue weighted by atomic mass is 9.99. The van der Waals surface area contributed by atoms with Crippen LogP contribution in [0.15, 0.2) is 23.7 Å². The summed E-state index contributed by atoms with van der Waals surface area (Å²) in [5, 5.41) is 26.6. The van der Waals surface area contributed by atoms with Crippen molar-refractivity contribution < 1.29 is 15.3 Å². The van der Waals surface area contributed by atoms with Gasteiger partial charge in [-0.3, -0.25) is 0 Å². The Balaban J connectivity index is 4.04. The lowest BCUT2D eigenvalue weighted by Crippen LogP contribution is -2.21. The molecule has 13 heavy (non-hydrogen) atoms. The Morgan fingerprint density at radius 2 is 1.85 bits per heavy atom. The van der Waals surface area contributed by atoms with Crippen LogP contribution in [0.2, 0.25) is 0 Å². The maximum absolute atomic E-state index is 9.57. The molecule has 1 atom stereocenters. The third-order valence-corrected chi connectivity index (χ3v) is 1.64. The summed E-state index contributed by atoms with van der Waals surface area (Å²) in [6.45, 7) is 5.50. The van der Waals surface area contributed by atoms with Gasteiger partial charge in [0, 0.05) is 6.08 Å². The lowest BCUT2D eigenvalue weighted by molar-refractivity contribution is 0.0864. The van der Waals surface area contributed by atoms with Crippen LogP contribution in [0.25, 0.3) is 0 Å². The van der Waals surface area contributed by atoms with Crippen LogP contribution in [0, 0.1) is 0 Å². The molecule has 3 heteroatoms. The van der Waals surface area contributed by atoms with Crippen LogP contribution >= 0.6 is 0 Å². The second-order valence-electron chi connectivity index (χ2n) is 3.68. The molecule has 0 aliphatic rings. The van der Waals surface area contributed by atoms with Crippen LogP contribution in [0.3, 0.4) is 0 Å². The average Bonchev–Trinajstić information content (AvgIpc) is 1.81. The quantitative estimate of drug-likeness (QED) is 0.467. The highest BCUT2D eigenvalue weighted by molar-refractivity contribution is 5.00. The smallest absolute Gasteiger partial charge is 0.272 e. The van der Waals surface area contributed by atoms with E-state index in [-0.39, 0.29) is 0 Å². The molecule has 3 nitrogen and oxygen atoms in total. The highest BCUT2D eigenvalue weighted by atomic mass is 16.5. The van der Waals surface area contributed by atoms with Crippen molar-refractivity contribution in [3.63, 3.8) is 0 Å². The molecule has 0 saturated heterocycles. The topological polar surface area (TPSA) is 60.7 Å². The highest BCUT2D eigenvalue weighted by Crippen LogP contribution is 2.15. The SMILES string of the molecule is CC(C)=CCCC(C)(O)C=C(O)O. The maximum atomic E-state index is 9.57. The number of aliphatic hydroxyl groups is 3. The van der Waals surface area contributed by atoms with Gasteiger partial charge in [0.15, 0.2) is 0 Å². The van der Waals surface area contributed by atoms with Crippen molar-refractivity contribution in [2.45, 2.75) is 39.2 Å². The van der Waals surface area contributed by atoms with Crippen LogP contribution in [0.4, 0.5) is 0 Å². The van der Waals surface area contributed by atoms with Gasteiger partial charge in [0.25, 0.3) is 5.95 Å². The minimum atomic E-state index is -1.15. The predicted octanol–water partition coefficient (Wildman–Crippen LogP) is 2.44. The van der Waals surface area contributed by atoms with Gasteiger partial charge in [-0.1, -0.05) is 11.6 Å². The van der Waals surface area contributed by atoms with Crippen LogP contribution in [0.5, 0.6) is 0 Å². The van der Waals surface area contributed by atoms with Crippen molar-refractivity contribution in [3.8, 4) is 0 Å². The summed E-state index contributed by atoms with van der Waals surface area (Å²) >= 11 is 0. The number of allylic oxidation sites excluding steroid dienone is 2. The zero-order valence-corrected chi connectivity index (χ0v) is 8.41. The van der Waals surface area contributed by atoms with E-state index in [1.165, 1.54) is 12.5 Å². The Hall–Kier alpha value is -0.960. The van der Waals surface area contributed by atoms with Crippen LogP contribution < -0.4 is 0 Å². The Labute approximate surface area is 79.0 Å². The summed E-state index contributed by atoms with van der Waals surface area (Å²) in [6, 6.07) is 0. The molecule has 0 aromatic heterocycles. The number of hydrogen-bond acceptors (Lipinski definition) is 3. The van der Waals surface area contributed by atoms with E-state index in [1.54, 1.807) is 0 Å². The largest absolute Gasteiger partial charge is 0.481 e. The standard InChI is InChI=1S/C10H18O3/c1-8(2)5-4-6-10(3,13)7-9(11)12/h5,7,11-13H,4,6H2,1-3H3. The summed E-state index contributed by atoms with van der Waals surface area (Å²) < 4.78 is 0. The van der Waals surface area contributed by atoms with Gasteiger partial charge < -0.3 is 15.3 Å². The normalized spacial score (nSPS) is 14.5. The van der Waals surface area contributed by atoms with E-state index in [0.717, 1.165) is 12.5 Å². The van der Waals surface area contributed by atoms with Crippen LogP contribution in [-0.2, 0) is 0 Å². The van der Waals surface area contributed by atoms with Gasteiger partial charge in [-0.05, 0) is 33.6 Å². The minimum absolute atomic E-state index is 0.475. The maximum Gasteiger partial charge on any atom is 0.272 e. The van der Waals surface area contributed by atoms with Crippen molar-refractivity contribution in [2.24, 2.45) is 0 Å². The van der Waals surface area contributed by atoms with Crippen molar-refractivity contribution in [1.29, 1.82) is 0 Å². The molecule has 0 bridgehead atoms. The molecule has 0 amide bonds. The Bertz CT molecular complexity index is 206. The summed E-state index contributed by atoms with van der Waals surface area (Å²) in [5.41, 5.74) is 0.0399. The molecule has 0 spiro atoms. The van der Waals surface area contributed by atoms with E-state index in [1.807, 2.05) is 19.9 Å². The zero-order valence-electron chi connectivity index (χ0n) is 8.41. The first-order valence-corrected chi connectivity index (χ1v) is 4.30. The molecule has 0 rings (SSSR count). The highest BCUT2D eigenvalue weighted by Gasteiger charge is 2.17. The Morgan fingerprint density at radius 3 is 2.23 bits per heavy atom. The van der Waals surface area contributed by atoms with Crippen molar-refractivity contribution >= 4 is 0 Å². The number of hydrogen-bond donors (Lipinski definition) is 3. The molecule has 0 saturated carbocycles. The third kappa shape index (κ3) is 7.40. The van der Waals surface area contributed by atoms with Gasteiger partial charge in [-0.2, -0.15) is 0 Å². The molecular formula is C10H18O3. The van der Waals surface area contributed by atoms with Crippen molar-refractivity contribution in [1.82, 2.24) is 0 Å². The summed E-state index contributed by atoms with van der Waals surface area (Å²) in [5.74, 6) is -0.831. The lowest BCUT2D eigenvalue weighted by Gasteiger charge is -2.17. The van der Waals surface area contributed by atoms with Gasteiger partial charge in [-0.15, -0.1) is 0 Å². The van der Waals surface area contributed by atoms with Crippen molar-refractivity contribution in [2.75, 3.05) is 0 Å². The van der Waals surface area contributed by atoms with Gasteiger partial charge in [0.1, 0.15) is 0 Å². The van der Waals surface area contributed by atoms with Crippen LogP contribution in [0.1, 0.15) is 33.6 Å². The van der Waals surface area contributed by atoms with Crippen molar-refractivity contribution in [3.05, 3.63) is 23.7 Å². The van der Waals surface area contributed by atoms with E-state index in [2.05, 4.69) is 0 Å². The fourth-order valence-corrected chi connectivity index (χ4v) is 1.00. The molecule has 0 fully saturated rings. The van der Waals surface area contributed by atoms with E-state index in [0.29, 0.717) is 6.42 Å². The fourth-order valence-electron chi connectivity index (χ4n) is 1.00. The molecule has 3 N–H and O–H groups in total. The van der Waals surface area contributed by atoms with Gasteiger partial charge in [0.05, 0.1) is 5.60 Å². The second-order valence-corrected chi connectivity index (χ2v) is 3.68. The first-order chi connectivity index (χ1) is 5.83. The first kappa shape index (κ1) is 12.0. The van der Waals surface area contributed by atoms with E-state index >= 15 is 0 Å². The second kappa shape index (κ2) is 4.92. The summed E-state index contributed by atoms with van der Waals surface area (Å²) in [7, 11) is 0. The first-order valence-electron chi connectivity index (χ1n) is 4.30. The van der Waals surface area contributed by atoms with E-state index < -0.39 is 11.5 Å². The van der Waals surface area contributed by atoms with Crippen LogP contribution in [-0.4, -0.2) is 20.9 Å². The Kier molecular flexibility index (Phi) is 4.56. The molecule has 0 aliphatic carbocycles. The average molecular weight is 186 g/mol. The summed E-state index contributed by atoms with van der Waals surface area (Å²) in [4.78, 5) is 0. The Morgan fingerprint density at radius 1 is 1.31 bits per heavy atom. The van der Waals surface area contributed by atoms with Gasteiger partial charge in [0.2, 0.25) is 0 Å². The molecule has 0 aromatic carbocycles. The molecule has 0 aromatic rings. The minimum Gasteiger partial charge on any atom is -0.481 e. The molecule has 0 aliphatic heterocycles. The monoisotopic (exact) mass is 186 g/mol. The van der Waals surface area contributed by atoms with Gasteiger partial charge in [-0.25, -0.2) is 0 Å². The predicted molar refractivity (Wildman–Crippen MR) is 52.6 cm³/mol. The fraction of sp³-hybridized carbons (Fsp3) is 0.600.